The van der Waals surface area contributed by atoms with Gasteiger partial charge in [-0.3, -0.25) is 4.57 Å². The molecule has 0 aliphatic carbocycles. The average Bonchev–Trinajstić information content (AvgIpc) is 2.62. The van der Waals surface area contributed by atoms with E-state index in [0.29, 0.717) is 0 Å². The van der Waals surface area contributed by atoms with Gasteiger partial charge in [0.25, 0.3) is 0 Å². The van der Waals surface area contributed by atoms with Gasteiger partial charge in [-0.2, -0.15) is 0 Å². The van der Waals surface area contributed by atoms with Crippen molar-refractivity contribution >= 4 is 0 Å². The first-order chi connectivity index (χ1) is 5.95. The zero-order chi connectivity index (χ0) is 7.97. The van der Waals surface area contributed by atoms with Crippen molar-refractivity contribution in [3.8, 4) is 5.69 Å². The highest BCUT2D eigenvalue weighted by Crippen LogP contribution is 2.25. The SMILES string of the molecule is c1cc2n(c#1)-c1ccccc1C2. The lowest BCUT2D eigenvalue weighted by Crippen LogP contribution is -1.87. The van der Waals surface area contributed by atoms with Gasteiger partial charge in [0.05, 0.1) is 5.69 Å². The van der Waals surface area contributed by atoms with Crippen LogP contribution in [0.4, 0.5) is 0 Å². The summed E-state index contributed by atoms with van der Waals surface area (Å²) in [6.45, 7) is 0. The molecule has 0 atom stereocenters. The summed E-state index contributed by atoms with van der Waals surface area (Å²) in [6, 6.07) is 13.4. The summed E-state index contributed by atoms with van der Waals surface area (Å²) < 4.78 is 2.08. The van der Waals surface area contributed by atoms with Gasteiger partial charge in [0.15, 0.2) is 0 Å². The Hall–Kier alpha value is -1.68. The van der Waals surface area contributed by atoms with E-state index in [1.54, 1.807) is 0 Å². The highest BCUT2D eigenvalue weighted by Gasteiger charge is 2.15. The largest absolute Gasteiger partial charge is 0.272 e. The third-order valence-corrected chi connectivity index (χ3v) is 2.31. The molecule has 1 heteroatoms. The molecule has 0 N–H and O–H groups in total. The van der Waals surface area contributed by atoms with Crippen molar-refractivity contribution in [2.24, 2.45) is 0 Å². The van der Waals surface area contributed by atoms with E-state index in [0.717, 1.165) is 6.42 Å². The van der Waals surface area contributed by atoms with Gasteiger partial charge in [0.1, 0.15) is 0 Å². The smallest absolute Gasteiger partial charge is 0.0578 e. The molecule has 2 heterocycles. The molecule has 56 valence electrons. The minimum atomic E-state index is 1.02. The predicted molar refractivity (Wildman–Crippen MR) is 46.2 cm³/mol. The van der Waals surface area contributed by atoms with E-state index in [4.69, 9.17) is 0 Å². The normalized spacial score (nSPS) is 12.0. The summed E-state index contributed by atoms with van der Waals surface area (Å²) in [4.78, 5) is 0. The van der Waals surface area contributed by atoms with E-state index in [1.165, 1.54) is 16.9 Å². The van der Waals surface area contributed by atoms with Crippen LogP contribution in [-0.4, -0.2) is 4.57 Å². The van der Waals surface area contributed by atoms with E-state index in [-0.39, 0.29) is 0 Å². The summed E-state index contributed by atoms with van der Waals surface area (Å²) in [5.41, 5.74) is 3.93. The van der Waals surface area contributed by atoms with Gasteiger partial charge in [-0.25, -0.2) is 0 Å². The van der Waals surface area contributed by atoms with E-state index in [2.05, 4.69) is 41.1 Å². The summed E-state index contributed by atoms with van der Waals surface area (Å²) in [5.74, 6) is 0. The molecule has 2 aromatic rings. The summed E-state index contributed by atoms with van der Waals surface area (Å²) in [6.07, 6.45) is 4.09. The molecular formula is C11H7N. The van der Waals surface area contributed by atoms with Crippen molar-refractivity contribution in [1.82, 2.24) is 4.57 Å². The number of hydrogen-bond donors (Lipinski definition) is 0. The maximum atomic E-state index is 3.07. The number of nitrogens with zero attached hydrogens (tertiary/aromatic N) is 1. The van der Waals surface area contributed by atoms with Gasteiger partial charge >= 0.3 is 0 Å². The van der Waals surface area contributed by atoms with Crippen molar-refractivity contribution in [2.45, 2.75) is 6.42 Å². The molecule has 1 aromatic heterocycles. The molecule has 1 nitrogen and oxygen atoms in total. The van der Waals surface area contributed by atoms with Crippen LogP contribution in [0.3, 0.4) is 0 Å². The molecule has 0 saturated heterocycles. The number of aromatic nitrogens is 1. The number of fused-ring (bicyclic) bond motifs is 3. The van der Waals surface area contributed by atoms with Crippen LogP contribution in [0.5, 0.6) is 0 Å². The van der Waals surface area contributed by atoms with Crippen LogP contribution >= 0.6 is 0 Å². The molecule has 0 saturated carbocycles. The Morgan fingerprint density at radius 1 is 1.25 bits per heavy atom. The molecule has 0 radical (unpaired) electrons. The minimum Gasteiger partial charge on any atom is -0.272 e. The first-order valence-electron chi connectivity index (χ1n) is 4.03. The molecule has 0 fully saturated rings. The summed E-state index contributed by atoms with van der Waals surface area (Å²) in [5, 5.41) is 0. The van der Waals surface area contributed by atoms with Crippen LogP contribution in [0.25, 0.3) is 5.69 Å². The molecule has 0 amide bonds. The molecule has 0 spiro atoms. The molecule has 1 aromatic carbocycles. The van der Waals surface area contributed by atoms with E-state index < -0.39 is 0 Å². The van der Waals surface area contributed by atoms with Crippen LogP contribution in [0.15, 0.2) is 30.3 Å². The van der Waals surface area contributed by atoms with Crippen molar-refractivity contribution in [3.05, 3.63) is 53.9 Å². The number of para-hydroxylation sites is 1. The maximum absolute atomic E-state index is 3.07. The molecule has 1 aliphatic heterocycles. The van der Waals surface area contributed by atoms with Gasteiger partial charge in [0.2, 0.25) is 0 Å². The summed E-state index contributed by atoms with van der Waals surface area (Å²) >= 11 is 0. The lowest BCUT2D eigenvalue weighted by atomic mass is 10.1. The number of hydrogen-bond acceptors (Lipinski definition) is 0. The lowest BCUT2D eigenvalue weighted by Gasteiger charge is -1.96. The Labute approximate surface area is 71.3 Å². The molecule has 0 unspecified atom stereocenters. The van der Waals surface area contributed by atoms with Crippen molar-refractivity contribution in [2.75, 3.05) is 0 Å². The number of rotatable bonds is 0. The Bertz CT molecular complexity index is 426. The van der Waals surface area contributed by atoms with Gasteiger partial charge in [-0.05, 0) is 17.7 Å². The molecule has 12 heavy (non-hydrogen) atoms. The fourth-order valence-corrected chi connectivity index (χ4v) is 1.74. The van der Waals surface area contributed by atoms with Gasteiger partial charge in [-0.1, -0.05) is 18.2 Å². The second-order valence-electron chi connectivity index (χ2n) is 3.03. The molecule has 0 bridgehead atoms. The second-order valence-corrected chi connectivity index (χ2v) is 3.03. The highest BCUT2D eigenvalue weighted by molar-refractivity contribution is 5.49. The Morgan fingerprint density at radius 2 is 2.17 bits per heavy atom. The third kappa shape index (κ3) is 0.597. The molecular weight excluding hydrogens is 146 g/mol. The van der Waals surface area contributed by atoms with E-state index >= 15 is 0 Å². The standard InChI is InChI=1S/C11H7N/c1-2-6-11-9(4-1)8-10-5-3-7-12(10)11/h1-2,4-6H,8H2. The topological polar surface area (TPSA) is 4.93 Å². The average molecular weight is 153 g/mol. The Kier molecular flexibility index (Phi) is 0.946. The van der Waals surface area contributed by atoms with Crippen LogP contribution in [0, 0.1) is 12.3 Å². The van der Waals surface area contributed by atoms with Crippen molar-refractivity contribution in [1.29, 1.82) is 0 Å². The quantitative estimate of drug-likeness (QED) is 0.465. The van der Waals surface area contributed by atoms with Crippen LogP contribution in [0.2, 0.25) is 0 Å². The van der Waals surface area contributed by atoms with E-state index in [9.17, 15) is 0 Å². The second kappa shape index (κ2) is 1.92. The highest BCUT2D eigenvalue weighted by atomic mass is 15.0. The summed E-state index contributed by atoms with van der Waals surface area (Å²) in [7, 11) is 0. The van der Waals surface area contributed by atoms with Crippen molar-refractivity contribution < 1.29 is 0 Å². The minimum absolute atomic E-state index is 1.02. The molecule has 3 rings (SSSR count). The van der Waals surface area contributed by atoms with Crippen LogP contribution in [0.1, 0.15) is 11.3 Å². The zero-order valence-corrected chi connectivity index (χ0v) is 6.54. The molecule has 1 aliphatic rings. The van der Waals surface area contributed by atoms with Gasteiger partial charge in [0, 0.05) is 24.4 Å². The Balaban J connectivity index is 2.34. The monoisotopic (exact) mass is 153 g/mol. The fraction of sp³-hybridized carbons (Fsp3) is 0.0909. The van der Waals surface area contributed by atoms with E-state index in [1.807, 2.05) is 6.07 Å². The lowest BCUT2D eigenvalue weighted by molar-refractivity contribution is 1.05. The first kappa shape index (κ1) is 5.91. The fourth-order valence-electron chi connectivity index (χ4n) is 1.74. The van der Waals surface area contributed by atoms with Crippen LogP contribution < -0.4 is 0 Å². The van der Waals surface area contributed by atoms with Gasteiger partial charge < -0.3 is 0 Å². The maximum Gasteiger partial charge on any atom is 0.0578 e. The Morgan fingerprint density at radius 3 is 3.17 bits per heavy atom. The first-order valence-corrected chi connectivity index (χ1v) is 4.03. The predicted octanol–water partition coefficient (Wildman–Crippen LogP) is 1.98. The van der Waals surface area contributed by atoms with Crippen LogP contribution in [-0.2, 0) is 6.42 Å². The number of benzene rings is 1. The zero-order valence-electron chi connectivity index (χ0n) is 6.54. The third-order valence-electron chi connectivity index (χ3n) is 2.31. The van der Waals surface area contributed by atoms with Crippen molar-refractivity contribution in [3.63, 3.8) is 0 Å². The van der Waals surface area contributed by atoms with Gasteiger partial charge in [-0.15, -0.1) is 0 Å².